The van der Waals surface area contributed by atoms with Crippen LogP contribution in [0, 0.1) is 0 Å². The van der Waals surface area contributed by atoms with E-state index in [0.29, 0.717) is 11.7 Å². The van der Waals surface area contributed by atoms with E-state index in [-0.39, 0.29) is 5.91 Å². The predicted octanol–water partition coefficient (Wildman–Crippen LogP) is 4.01. The zero-order valence-electron chi connectivity index (χ0n) is 12.0. The van der Waals surface area contributed by atoms with Gasteiger partial charge in [-0.15, -0.1) is 0 Å². The molecule has 1 saturated carbocycles. The maximum atomic E-state index is 12.9. The van der Waals surface area contributed by atoms with E-state index in [9.17, 15) is 4.79 Å². The Balaban J connectivity index is 1.93. The minimum atomic E-state index is 0.0810. The first-order valence-corrected chi connectivity index (χ1v) is 8.64. The quantitative estimate of drug-likeness (QED) is 0.766. The van der Waals surface area contributed by atoms with Crippen molar-refractivity contribution >= 4 is 32.6 Å². The molecular weight excluding hydrogens is 328 g/mol. The predicted molar refractivity (Wildman–Crippen MR) is 88.8 cm³/mol. The van der Waals surface area contributed by atoms with E-state index in [1.165, 1.54) is 6.42 Å². The molecule has 1 aromatic carbocycles. The number of carbonyl (C=O) groups excluding carboxylic acids is 1. The molecule has 1 fully saturated rings. The van der Waals surface area contributed by atoms with Crippen LogP contribution in [0.25, 0.3) is 10.8 Å². The van der Waals surface area contributed by atoms with Crippen LogP contribution in [0.15, 0.2) is 36.5 Å². The number of benzene rings is 1. The third kappa shape index (κ3) is 2.95. The van der Waals surface area contributed by atoms with Gasteiger partial charge in [-0.2, -0.15) is 0 Å². The summed E-state index contributed by atoms with van der Waals surface area (Å²) >= 11 is 3.46. The average molecular weight is 347 g/mol. The average Bonchev–Trinajstić information content (AvgIpc) is 2.48. The van der Waals surface area contributed by atoms with Gasteiger partial charge in [-0.3, -0.25) is 9.78 Å². The molecule has 2 aromatic rings. The first-order valence-electron chi connectivity index (χ1n) is 7.52. The summed E-state index contributed by atoms with van der Waals surface area (Å²) in [4.78, 5) is 19.3. The fraction of sp³-hybridized carbons (Fsp3) is 0.412. The van der Waals surface area contributed by atoms with Crippen LogP contribution in [-0.4, -0.2) is 33.7 Å². The van der Waals surface area contributed by atoms with E-state index in [1.807, 2.05) is 35.2 Å². The molecule has 4 heteroatoms. The molecule has 1 aliphatic rings. The lowest BCUT2D eigenvalue weighted by Gasteiger charge is -2.37. The van der Waals surface area contributed by atoms with Crippen molar-refractivity contribution < 1.29 is 4.79 Å². The molecule has 0 aliphatic heterocycles. The normalized spacial score (nSPS) is 14.9. The number of hydrogen-bond donors (Lipinski definition) is 0. The van der Waals surface area contributed by atoms with Crippen LogP contribution < -0.4 is 0 Å². The molecule has 110 valence electrons. The van der Waals surface area contributed by atoms with E-state index in [1.54, 1.807) is 6.20 Å². The van der Waals surface area contributed by atoms with Gasteiger partial charge < -0.3 is 4.90 Å². The molecule has 3 nitrogen and oxygen atoms in total. The van der Waals surface area contributed by atoms with Crippen molar-refractivity contribution in [1.82, 2.24) is 9.88 Å². The Morgan fingerprint density at radius 2 is 2.10 bits per heavy atom. The van der Waals surface area contributed by atoms with E-state index in [0.717, 1.165) is 41.9 Å². The van der Waals surface area contributed by atoms with Crippen LogP contribution in [0.4, 0.5) is 0 Å². The second-order valence-corrected chi connectivity index (χ2v) is 6.30. The molecule has 21 heavy (non-hydrogen) atoms. The van der Waals surface area contributed by atoms with Crippen LogP contribution in [0.2, 0.25) is 0 Å². The summed E-state index contributed by atoms with van der Waals surface area (Å²) in [6.45, 7) is 0.805. The standard InChI is InChI=1S/C17H19BrN2O/c18-10-4-12-20(14-6-3-7-14)17(21)16-15-8-2-1-5-13(15)9-11-19-16/h1-2,5,8-9,11,14H,3-4,6-7,10,12H2. The van der Waals surface area contributed by atoms with Crippen molar-refractivity contribution in [3.05, 3.63) is 42.2 Å². The number of fused-ring (bicyclic) bond motifs is 1. The van der Waals surface area contributed by atoms with Crippen LogP contribution in [0.5, 0.6) is 0 Å². The largest absolute Gasteiger partial charge is 0.334 e. The molecular formula is C17H19BrN2O. The molecule has 3 rings (SSSR count). The highest BCUT2D eigenvalue weighted by molar-refractivity contribution is 9.09. The van der Waals surface area contributed by atoms with Gasteiger partial charge in [-0.1, -0.05) is 40.2 Å². The molecule has 0 atom stereocenters. The Labute approximate surface area is 133 Å². The smallest absolute Gasteiger partial charge is 0.273 e. The monoisotopic (exact) mass is 346 g/mol. The zero-order chi connectivity index (χ0) is 14.7. The van der Waals surface area contributed by atoms with Gasteiger partial charge in [-0.05, 0) is 37.1 Å². The van der Waals surface area contributed by atoms with Crippen LogP contribution in [0.1, 0.15) is 36.2 Å². The molecule has 0 spiro atoms. The van der Waals surface area contributed by atoms with Crippen molar-refractivity contribution in [3.63, 3.8) is 0 Å². The molecule has 1 aliphatic carbocycles. The Morgan fingerprint density at radius 3 is 2.81 bits per heavy atom. The van der Waals surface area contributed by atoms with Gasteiger partial charge >= 0.3 is 0 Å². The number of alkyl halides is 1. The van der Waals surface area contributed by atoms with Crippen molar-refractivity contribution in [2.24, 2.45) is 0 Å². The lowest BCUT2D eigenvalue weighted by atomic mass is 9.91. The molecule has 0 bridgehead atoms. The second kappa shape index (κ2) is 6.56. The number of amides is 1. The third-order valence-electron chi connectivity index (χ3n) is 4.19. The van der Waals surface area contributed by atoms with E-state index in [4.69, 9.17) is 0 Å². The van der Waals surface area contributed by atoms with Crippen molar-refractivity contribution in [1.29, 1.82) is 0 Å². The number of hydrogen-bond acceptors (Lipinski definition) is 2. The zero-order valence-corrected chi connectivity index (χ0v) is 13.6. The third-order valence-corrected chi connectivity index (χ3v) is 4.75. The van der Waals surface area contributed by atoms with Gasteiger partial charge in [0.25, 0.3) is 5.91 Å². The molecule has 1 aromatic heterocycles. The summed E-state index contributed by atoms with van der Waals surface area (Å²) in [5.74, 6) is 0.0810. The molecule has 0 unspecified atom stereocenters. The van der Waals surface area contributed by atoms with E-state index < -0.39 is 0 Å². The highest BCUT2D eigenvalue weighted by Gasteiger charge is 2.30. The number of halogens is 1. The number of carbonyl (C=O) groups is 1. The minimum Gasteiger partial charge on any atom is -0.334 e. The van der Waals surface area contributed by atoms with Crippen molar-refractivity contribution in [2.45, 2.75) is 31.7 Å². The summed E-state index contributed by atoms with van der Waals surface area (Å²) in [6.07, 6.45) is 6.19. The molecule has 0 saturated heterocycles. The van der Waals surface area contributed by atoms with Gasteiger partial charge in [0.05, 0.1) is 0 Å². The Hall–Kier alpha value is -1.42. The van der Waals surface area contributed by atoms with Crippen LogP contribution in [0.3, 0.4) is 0 Å². The van der Waals surface area contributed by atoms with E-state index in [2.05, 4.69) is 20.9 Å². The summed E-state index contributed by atoms with van der Waals surface area (Å²) in [6, 6.07) is 10.3. The SMILES string of the molecule is O=C(c1nccc2ccccc12)N(CCCBr)C1CCC1. The Morgan fingerprint density at radius 1 is 1.29 bits per heavy atom. The lowest BCUT2D eigenvalue weighted by molar-refractivity contribution is 0.0577. The van der Waals surface area contributed by atoms with Crippen molar-refractivity contribution in [2.75, 3.05) is 11.9 Å². The van der Waals surface area contributed by atoms with Gasteiger partial charge in [-0.25, -0.2) is 0 Å². The highest BCUT2D eigenvalue weighted by atomic mass is 79.9. The van der Waals surface area contributed by atoms with Crippen molar-refractivity contribution in [3.8, 4) is 0 Å². The fourth-order valence-corrected chi connectivity index (χ4v) is 3.06. The van der Waals surface area contributed by atoms with Crippen LogP contribution >= 0.6 is 15.9 Å². The fourth-order valence-electron chi connectivity index (χ4n) is 2.80. The topological polar surface area (TPSA) is 33.2 Å². The van der Waals surface area contributed by atoms with Gasteiger partial charge in [0.1, 0.15) is 5.69 Å². The molecule has 0 radical (unpaired) electrons. The lowest BCUT2D eigenvalue weighted by Crippen LogP contribution is -2.45. The van der Waals surface area contributed by atoms with Gasteiger partial charge in [0.15, 0.2) is 0 Å². The Kier molecular flexibility index (Phi) is 4.54. The minimum absolute atomic E-state index is 0.0810. The maximum Gasteiger partial charge on any atom is 0.273 e. The first kappa shape index (κ1) is 14.5. The number of rotatable bonds is 5. The maximum absolute atomic E-state index is 12.9. The summed E-state index contributed by atoms with van der Waals surface area (Å²) < 4.78 is 0. The number of pyridine rings is 1. The molecule has 1 heterocycles. The van der Waals surface area contributed by atoms with E-state index >= 15 is 0 Å². The summed E-state index contributed by atoms with van der Waals surface area (Å²) in [5.41, 5.74) is 0.592. The van der Waals surface area contributed by atoms with Gasteiger partial charge in [0, 0.05) is 29.5 Å². The Bertz CT molecular complexity index is 634. The summed E-state index contributed by atoms with van der Waals surface area (Å²) in [7, 11) is 0. The summed E-state index contributed by atoms with van der Waals surface area (Å²) in [5, 5.41) is 2.95. The number of aromatic nitrogens is 1. The molecule has 1 amide bonds. The van der Waals surface area contributed by atoms with Gasteiger partial charge in [0.2, 0.25) is 0 Å². The second-order valence-electron chi connectivity index (χ2n) is 5.51. The van der Waals surface area contributed by atoms with Crippen LogP contribution in [-0.2, 0) is 0 Å². The first-order chi connectivity index (χ1) is 10.3. The highest BCUT2D eigenvalue weighted by Crippen LogP contribution is 2.27. The number of nitrogens with zero attached hydrogens (tertiary/aromatic N) is 2. The molecule has 0 N–H and O–H groups in total.